The second-order valence-corrected chi connectivity index (χ2v) is 16.7. The van der Waals surface area contributed by atoms with Crippen LogP contribution >= 0.6 is 0 Å². The summed E-state index contributed by atoms with van der Waals surface area (Å²) in [6, 6.07) is 26.4. The van der Waals surface area contributed by atoms with E-state index in [0.717, 1.165) is 35.4 Å². The fourth-order valence-electron chi connectivity index (χ4n) is 6.90. The molecule has 2 heterocycles. The monoisotopic (exact) mass is 917 g/mol. The third-order valence-electron chi connectivity index (χ3n) is 10.2. The molecule has 0 bridgehead atoms. The first-order valence-electron chi connectivity index (χ1n) is 19.6. The first-order chi connectivity index (χ1) is 30.3. The number of fused-ring (bicyclic) bond motifs is 1. The van der Waals surface area contributed by atoms with E-state index in [1.54, 1.807) is 6.07 Å². The lowest BCUT2D eigenvalue weighted by Gasteiger charge is -2.32. The number of nitrogens with one attached hydrogen (secondary N) is 3. The molecule has 1 aromatic heterocycles. The number of benzene rings is 4. The van der Waals surface area contributed by atoms with Crippen LogP contribution in [0.25, 0.3) is 22.0 Å². The Balaban J connectivity index is 1.01. The van der Waals surface area contributed by atoms with Gasteiger partial charge in [0.1, 0.15) is 12.2 Å². The number of H-pyrrole nitrogens is 1. The molecule has 1 atom stereocenters. The number of carbonyl (C=O) groups is 3. The number of nitrogens with zero attached hydrogens (tertiary/aromatic N) is 2. The number of pyridine rings is 1. The number of sulfonamides is 1. The molecule has 1 amide bonds. The molecule has 0 spiro atoms. The Hall–Kier alpha value is -6.29. The van der Waals surface area contributed by atoms with Gasteiger partial charge in [-0.1, -0.05) is 66.7 Å². The van der Waals surface area contributed by atoms with Gasteiger partial charge in [0, 0.05) is 68.9 Å². The minimum Gasteiger partial charge on any atom is -0.449 e. The molecule has 1 aliphatic rings. The molecule has 0 saturated carbocycles. The van der Waals surface area contributed by atoms with E-state index in [1.807, 2.05) is 48.5 Å². The van der Waals surface area contributed by atoms with Gasteiger partial charge in [-0.15, -0.1) is 0 Å². The lowest BCUT2D eigenvalue weighted by Crippen LogP contribution is -2.42. The highest BCUT2D eigenvalue weighted by Crippen LogP contribution is 2.34. The number of ether oxygens (including phenoxy) is 3. The first-order valence-corrected chi connectivity index (χ1v) is 21.1. The average molecular weight is 918 g/mol. The smallest absolute Gasteiger partial charge is 0.449 e. The number of likely N-dealkylation sites (N-methyl/N-ethyl adjacent to an activating group) is 1. The second kappa shape index (κ2) is 20.0. The van der Waals surface area contributed by atoms with Crippen LogP contribution in [-0.2, 0) is 35.6 Å². The summed E-state index contributed by atoms with van der Waals surface area (Å²) in [5.74, 6) is -5.96. The largest absolute Gasteiger partial charge is 0.491 e. The average Bonchev–Trinajstić information content (AvgIpc) is 3.25. The third kappa shape index (κ3) is 12.0. The van der Waals surface area contributed by atoms with Gasteiger partial charge < -0.3 is 29.4 Å². The van der Waals surface area contributed by atoms with Crippen LogP contribution in [0.5, 0.6) is 5.75 Å². The van der Waals surface area contributed by atoms with Gasteiger partial charge in [-0.2, -0.15) is 30.6 Å². The molecule has 1 saturated heterocycles. The molecular weight excluding hydrogens is 877 g/mol. The number of esters is 2. The number of likely N-dealkylation sites (tertiary alicyclic amines) is 1. The van der Waals surface area contributed by atoms with Crippen LogP contribution in [0.3, 0.4) is 0 Å². The molecule has 6 rings (SSSR count). The van der Waals surface area contributed by atoms with E-state index in [9.17, 15) is 53.9 Å². The van der Waals surface area contributed by atoms with Gasteiger partial charge in [-0.3, -0.25) is 10.1 Å². The summed E-state index contributed by atoms with van der Waals surface area (Å²) in [6.45, 7) is 1.13. The molecular formula is C43H41F6N5O9S. The molecule has 5 aromatic rings. The summed E-state index contributed by atoms with van der Waals surface area (Å²) in [5.41, 5.74) is 1.39. The van der Waals surface area contributed by atoms with Crippen LogP contribution in [0.4, 0.5) is 36.8 Å². The first kappa shape index (κ1) is 47.2. The summed E-state index contributed by atoms with van der Waals surface area (Å²) < 4.78 is 122. The molecule has 0 unspecified atom stereocenters. The Morgan fingerprint density at radius 3 is 2.17 bits per heavy atom. The Labute approximate surface area is 362 Å². The van der Waals surface area contributed by atoms with E-state index in [1.165, 1.54) is 35.6 Å². The van der Waals surface area contributed by atoms with Crippen molar-refractivity contribution in [3.05, 3.63) is 125 Å². The summed E-state index contributed by atoms with van der Waals surface area (Å²) in [6.07, 6.45) is -12.4. The van der Waals surface area contributed by atoms with E-state index in [0.29, 0.717) is 43.7 Å². The maximum atomic E-state index is 13.4. The van der Waals surface area contributed by atoms with Gasteiger partial charge in [-0.05, 0) is 54.3 Å². The quantitative estimate of drug-likeness (QED) is 0.0564. The fraction of sp³-hybridized carbons (Fsp3) is 0.302. The van der Waals surface area contributed by atoms with Crippen LogP contribution in [0.15, 0.2) is 113 Å². The van der Waals surface area contributed by atoms with Crippen molar-refractivity contribution in [1.29, 1.82) is 0 Å². The highest BCUT2D eigenvalue weighted by Gasteiger charge is 2.43. The predicted octanol–water partition coefficient (Wildman–Crippen LogP) is 6.93. The van der Waals surface area contributed by atoms with Crippen LogP contribution in [0.2, 0.25) is 0 Å². The summed E-state index contributed by atoms with van der Waals surface area (Å²) in [5, 5.41) is 5.48. The number of amides is 1. The number of carbonyl (C=O) groups excluding carboxylic acids is 3. The number of hydrogen-bond acceptors (Lipinski definition) is 11. The van der Waals surface area contributed by atoms with E-state index in [4.69, 9.17) is 9.47 Å². The zero-order valence-corrected chi connectivity index (χ0v) is 34.7. The Morgan fingerprint density at radius 1 is 0.844 bits per heavy atom. The van der Waals surface area contributed by atoms with Crippen molar-refractivity contribution < 1.29 is 63.4 Å². The van der Waals surface area contributed by atoms with Gasteiger partial charge in [0.25, 0.3) is 0 Å². The molecule has 4 aromatic carbocycles. The molecule has 1 fully saturated rings. The van der Waals surface area contributed by atoms with E-state index < -0.39 is 69.9 Å². The van der Waals surface area contributed by atoms with Crippen molar-refractivity contribution >= 4 is 44.6 Å². The number of halogens is 6. The summed E-state index contributed by atoms with van der Waals surface area (Å²) in [7, 11) is -2.51. The molecule has 14 nitrogen and oxygen atoms in total. The zero-order valence-electron chi connectivity index (χ0n) is 33.9. The Kier molecular flexibility index (Phi) is 14.8. The SMILES string of the molecule is CN(CCN1CCC(OC(=O)Nc2ccccc2-c2ccccc2)CC1)S(=O)(=O)c1ccc(CNC[C@H](OC(=O)C(F)(F)F)c2ccc(OC(=O)C(F)(F)F)c3[nH]c(=O)ccc23)cc1. The highest BCUT2D eigenvalue weighted by molar-refractivity contribution is 7.89. The number of aromatic nitrogens is 1. The van der Waals surface area contributed by atoms with Crippen molar-refractivity contribution in [1.82, 2.24) is 19.5 Å². The molecule has 1 aliphatic heterocycles. The lowest BCUT2D eigenvalue weighted by atomic mass is 10.0. The van der Waals surface area contributed by atoms with Crippen molar-refractivity contribution in [3.63, 3.8) is 0 Å². The van der Waals surface area contributed by atoms with Gasteiger partial charge in [0.05, 0.1) is 16.1 Å². The van der Waals surface area contributed by atoms with Crippen LogP contribution < -0.4 is 20.9 Å². The minimum absolute atomic E-state index is 0.0329. The number of aromatic amines is 1. The van der Waals surface area contributed by atoms with Crippen molar-refractivity contribution in [2.45, 2.75) is 48.8 Å². The molecule has 21 heteroatoms. The van der Waals surface area contributed by atoms with Gasteiger partial charge in [-0.25, -0.2) is 22.8 Å². The predicted molar refractivity (Wildman–Crippen MR) is 221 cm³/mol. The standard InChI is InChI=1S/C43H41F6N5O9S/c1-53(23-24-54-21-19-29(20-22-54)61-41(58)51-34-10-6-5-9-31(34)28-7-3-2-4-8-28)64(59,60)30-13-11-27(12-14-30)25-50-26-36(63-40(57)43(47,48)49)32-15-17-35(62-39(56)42(44,45)46)38-33(32)16-18-37(55)52-38/h2-18,29,36,50H,19-26H2,1H3,(H,51,58)(H,52,55)/t36-/m0/s1. The number of rotatable bonds is 15. The number of alkyl halides is 6. The normalized spacial score (nSPS) is 14.6. The van der Waals surface area contributed by atoms with E-state index in [2.05, 4.69) is 25.3 Å². The topological polar surface area (TPSA) is 176 Å². The lowest BCUT2D eigenvalue weighted by molar-refractivity contribution is -0.205. The molecule has 64 heavy (non-hydrogen) atoms. The highest BCUT2D eigenvalue weighted by atomic mass is 32.2. The molecule has 340 valence electrons. The maximum absolute atomic E-state index is 13.4. The molecule has 0 aliphatic carbocycles. The zero-order chi connectivity index (χ0) is 46.2. The second-order valence-electron chi connectivity index (χ2n) is 14.6. The van der Waals surface area contributed by atoms with Crippen molar-refractivity contribution in [3.8, 4) is 16.9 Å². The van der Waals surface area contributed by atoms with Crippen LogP contribution in [-0.4, -0.2) is 98.9 Å². The number of hydrogen-bond donors (Lipinski definition) is 3. The third-order valence-corrected chi connectivity index (χ3v) is 12.1. The van der Waals surface area contributed by atoms with Gasteiger partial charge >= 0.3 is 30.4 Å². The van der Waals surface area contributed by atoms with Crippen LogP contribution in [0, 0.1) is 0 Å². The number of piperidine rings is 1. The molecule has 0 radical (unpaired) electrons. The number of anilines is 1. The Morgan fingerprint density at radius 2 is 1.50 bits per heavy atom. The fourth-order valence-corrected chi connectivity index (χ4v) is 8.06. The number of para-hydroxylation sites is 1. The summed E-state index contributed by atoms with van der Waals surface area (Å²) >= 11 is 0. The van der Waals surface area contributed by atoms with Crippen LogP contribution in [0.1, 0.15) is 30.1 Å². The van der Waals surface area contributed by atoms with E-state index >= 15 is 0 Å². The maximum Gasteiger partial charge on any atom is 0.491 e. The van der Waals surface area contributed by atoms with Crippen molar-refractivity contribution in [2.24, 2.45) is 0 Å². The van der Waals surface area contributed by atoms with Crippen molar-refractivity contribution in [2.75, 3.05) is 45.1 Å². The van der Waals surface area contributed by atoms with Gasteiger partial charge in [0.2, 0.25) is 15.6 Å². The summed E-state index contributed by atoms with van der Waals surface area (Å²) in [4.78, 5) is 52.6. The van der Waals surface area contributed by atoms with Gasteiger partial charge in [0.15, 0.2) is 5.75 Å². The minimum atomic E-state index is -5.43. The molecule has 3 N–H and O–H groups in total. The Bertz CT molecular complexity index is 2620. The van der Waals surface area contributed by atoms with E-state index in [-0.39, 0.29) is 35.0 Å².